The molecule has 132 valence electrons. The van der Waals surface area contributed by atoms with Crippen molar-refractivity contribution in [1.29, 1.82) is 0 Å². The standard InChI is InChI=1S/C15H17N5O4S/c1-4-18(5-2)11-6-7-12(10(3)8-11)16-17-15-13(19(21)22)9-14(25-15)20(23)24/h6-9H,4-5H2,1-3H3/b17-16+. The van der Waals surface area contributed by atoms with E-state index in [-0.39, 0.29) is 10.0 Å². The van der Waals surface area contributed by atoms with E-state index in [9.17, 15) is 20.2 Å². The van der Waals surface area contributed by atoms with E-state index in [1.165, 1.54) is 0 Å². The Bertz CT molecular complexity index is 829. The summed E-state index contributed by atoms with van der Waals surface area (Å²) in [5.74, 6) is 0. The highest BCUT2D eigenvalue weighted by Gasteiger charge is 2.25. The molecule has 10 heteroatoms. The second-order valence-corrected chi connectivity index (χ2v) is 6.14. The van der Waals surface area contributed by atoms with Gasteiger partial charge in [0.05, 0.1) is 15.5 Å². The molecule has 1 heterocycles. The molecule has 1 aromatic carbocycles. The first kappa shape index (κ1) is 18.5. The summed E-state index contributed by atoms with van der Waals surface area (Å²) < 4.78 is 0. The van der Waals surface area contributed by atoms with E-state index in [0.29, 0.717) is 17.0 Å². The zero-order chi connectivity index (χ0) is 18.6. The van der Waals surface area contributed by atoms with Gasteiger partial charge in [0.1, 0.15) is 6.07 Å². The molecule has 0 fully saturated rings. The van der Waals surface area contributed by atoms with Crippen LogP contribution in [0.3, 0.4) is 0 Å². The van der Waals surface area contributed by atoms with Crippen molar-refractivity contribution < 1.29 is 9.85 Å². The third-order valence-electron chi connectivity index (χ3n) is 3.61. The summed E-state index contributed by atoms with van der Waals surface area (Å²) in [7, 11) is 0. The van der Waals surface area contributed by atoms with Crippen LogP contribution < -0.4 is 4.90 Å². The first-order chi connectivity index (χ1) is 11.9. The third kappa shape index (κ3) is 4.15. The molecule has 0 aliphatic carbocycles. The van der Waals surface area contributed by atoms with E-state index in [1.807, 2.05) is 19.1 Å². The molecule has 0 saturated heterocycles. The van der Waals surface area contributed by atoms with E-state index in [0.717, 1.165) is 30.4 Å². The predicted octanol–water partition coefficient (Wildman–Crippen LogP) is 5.13. The van der Waals surface area contributed by atoms with Gasteiger partial charge in [-0.15, -0.1) is 10.2 Å². The second-order valence-electron chi connectivity index (χ2n) is 5.13. The summed E-state index contributed by atoms with van der Waals surface area (Å²) in [5, 5.41) is 29.3. The Hall–Kier alpha value is -2.88. The van der Waals surface area contributed by atoms with E-state index in [2.05, 4.69) is 29.0 Å². The largest absolute Gasteiger partial charge is 0.372 e. The van der Waals surface area contributed by atoms with Crippen molar-refractivity contribution in [2.75, 3.05) is 18.0 Å². The molecule has 2 aromatic rings. The van der Waals surface area contributed by atoms with Crippen LogP contribution in [0.25, 0.3) is 0 Å². The van der Waals surface area contributed by atoms with Gasteiger partial charge in [-0.1, -0.05) is 0 Å². The Morgan fingerprint density at radius 2 is 1.76 bits per heavy atom. The van der Waals surface area contributed by atoms with Crippen LogP contribution in [0.5, 0.6) is 0 Å². The lowest BCUT2D eigenvalue weighted by Gasteiger charge is -2.21. The molecule has 0 bridgehead atoms. The average Bonchev–Trinajstić information content (AvgIpc) is 3.00. The molecule has 0 N–H and O–H groups in total. The number of rotatable bonds is 7. The molecule has 0 aliphatic rings. The Labute approximate surface area is 147 Å². The molecule has 0 radical (unpaired) electrons. The minimum absolute atomic E-state index is 0.0936. The van der Waals surface area contributed by atoms with Crippen molar-refractivity contribution in [2.45, 2.75) is 20.8 Å². The topological polar surface area (TPSA) is 114 Å². The van der Waals surface area contributed by atoms with Crippen LogP contribution in [0.15, 0.2) is 34.5 Å². The van der Waals surface area contributed by atoms with E-state index in [4.69, 9.17) is 0 Å². The SMILES string of the molecule is CCN(CC)c1ccc(/N=N/c2sc([N+](=O)[O-])cc2[N+](=O)[O-])c(C)c1. The van der Waals surface area contributed by atoms with Crippen molar-refractivity contribution in [2.24, 2.45) is 10.2 Å². The maximum atomic E-state index is 11.0. The van der Waals surface area contributed by atoms with Gasteiger partial charge >= 0.3 is 10.7 Å². The van der Waals surface area contributed by atoms with E-state index >= 15 is 0 Å². The Balaban J connectivity index is 2.33. The van der Waals surface area contributed by atoms with E-state index < -0.39 is 15.5 Å². The first-order valence-corrected chi connectivity index (χ1v) is 8.39. The maximum Gasteiger partial charge on any atom is 0.333 e. The van der Waals surface area contributed by atoms with Crippen molar-refractivity contribution in [3.05, 3.63) is 50.1 Å². The van der Waals surface area contributed by atoms with Gasteiger partial charge in [0.25, 0.3) is 0 Å². The zero-order valence-corrected chi connectivity index (χ0v) is 14.8. The lowest BCUT2D eigenvalue weighted by atomic mass is 10.1. The highest BCUT2D eigenvalue weighted by molar-refractivity contribution is 7.19. The van der Waals surface area contributed by atoms with Gasteiger partial charge in [0.2, 0.25) is 5.00 Å². The summed E-state index contributed by atoms with van der Waals surface area (Å²) in [6, 6.07) is 6.54. The first-order valence-electron chi connectivity index (χ1n) is 7.57. The number of azo groups is 1. The van der Waals surface area contributed by atoms with Crippen molar-refractivity contribution in [3.63, 3.8) is 0 Å². The van der Waals surface area contributed by atoms with Gasteiger partial charge in [-0.2, -0.15) is 0 Å². The molecule has 0 spiro atoms. The van der Waals surface area contributed by atoms with Crippen LogP contribution in [0.4, 0.5) is 27.1 Å². The van der Waals surface area contributed by atoms with Gasteiger partial charge in [0.15, 0.2) is 0 Å². The molecular formula is C15H17N5O4S. The second kappa shape index (κ2) is 7.79. The molecule has 0 atom stereocenters. The molecule has 9 nitrogen and oxygen atoms in total. The fourth-order valence-corrected chi connectivity index (χ4v) is 3.05. The summed E-state index contributed by atoms with van der Waals surface area (Å²) in [4.78, 5) is 22.6. The molecule has 0 amide bonds. The molecule has 2 rings (SSSR count). The lowest BCUT2D eigenvalue weighted by Crippen LogP contribution is -2.21. The minimum Gasteiger partial charge on any atom is -0.372 e. The minimum atomic E-state index is -0.700. The predicted molar refractivity (Wildman–Crippen MR) is 96.5 cm³/mol. The molecule has 1 aromatic heterocycles. The number of nitro groups is 2. The molecule has 0 unspecified atom stereocenters. The van der Waals surface area contributed by atoms with Crippen molar-refractivity contribution in [3.8, 4) is 0 Å². The van der Waals surface area contributed by atoms with Crippen molar-refractivity contribution in [1.82, 2.24) is 0 Å². The third-order valence-corrected chi connectivity index (χ3v) is 4.57. The lowest BCUT2D eigenvalue weighted by molar-refractivity contribution is -0.389. The smallest absolute Gasteiger partial charge is 0.333 e. The number of anilines is 1. The number of thiophene rings is 1. The summed E-state index contributed by atoms with van der Waals surface area (Å²) in [6.07, 6.45) is 0. The van der Waals surface area contributed by atoms with Crippen LogP contribution in [0.1, 0.15) is 19.4 Å². The van der Waals surface area contributed by atoms with Crippen LogP contribution in [-0.2, 0) is 0 Å². The normalized spacial score (nSPS) is 11.0. The Morgan fingerprint density at radius 1 is 1.08 bits per heavy atom. The highest BCUT2D eigenvalue weighted by Crippen LogP contribution is 2.42. The van der Waals surface area contributed by atoms with Gasteiger partial charge in [0, 0.05) is 18.8 Å². The van der Waals surface area contributed by atoms with Crippen LogP contribution in [-0.4, -0.2) is 22.9 Å². The fourth-order valence-electron chi connectivity index (χ4n) is 2.29. The molecule has 25 heavy (non-hydrogen) atoms. The number of hydrogen-bond donors (Lipinski definition) is 0. The van der Waals surface area contributed by atoms with Gasteiger partial charge in [-0.05, 0) is 55.9 Å². The van der Waals surface area contributed by atoms with Crippen LogP contribution in [0, 0.1) is 27.2 Å². The maximum absolute atomic E-state index is 11.0. The number of aryl methyl sites for hydroxylation is 1. The average molecular weight is 363 g/mol. The zero-order valence-electron chi connectivity index (χ0n) is 14.0. The van der Waals surface area contributed by atoms with Crippen LogP contribution in [0.2, 0.25) is 0 Å². The fraction of sp³-hybridized carbons (Fsp3) is 0.333. The number of nitrogens with zero attached hydrogens (tertiary/aromatic N) is 5. The Morgan fingerprint density at radius 3 is 2.28 bits per heavy atom. The number of benzene rings is 1. The molecule has 0 saturated carbocycles. The molecule has 0 aliphatic heterocycles. The van der Waals surface area contributed by atoms with Gasteiger partial charge in [-0.3, -0.25) is 20.2 Å². The van der Waals surface area contributed by atoms with Crippen LogP contribution >= 0.6 is 11.3 Å². The summed E-state index contributed by atoms with van der Waals surface area (Å²) >= 11 is 0.627. The van der Waals surface area contributed by atoms with Gasteiger partial charge in [-0.25, -0.2) is 0 Å². The van der Waals surface area contributed by atoms with E-state index in [1.54, 1.807) is 6.07 Å². The summed E-state index contributed by atoms with van der Waals surface area (Å²) in [5.41, 5.74) is 2.06. The highest BCUT2D eigenvalue weighted by atomic mass is 32.1. The van der Waals surface area contributed by atoms with Gasteiger partial charge < -0.3 is 4.90 Å². The Kier molecular flexibility index (Phi) is 5.75. The summed E-state index contributed by atoms with van der Waals surface area (Å²) in [6.45, 7) is 7.75. The quantitative estimate of drug-likeness (QED) is 0.384. The monoisotopic (exact) mass is 363 g/mol. The van der Waals surface area contributed by atoms with Crippen molar-refractivity contribution >= 4 is 38.4 Å². The molecular weight excluding hydrogens is 346 g/mol. The number of hydrogen-bond acceptors (Lipinski definition) is 8.